The SMILES string of the molecule is COc1ccc(/C=C2\C(=O)C(=O)N(c3ccccc3)C2c2ccccc2)cc1. The molecule has 138 valence electrons. The summed E-state index contributed by atoms with van der Waals surface area (Å²) in [7, 11) is 1.61. The average Bonchev–Trinajstić information content (AvgIpc) is 3.00. The number of Topliss-reactive ketones (excluding diaryl/α,β-unsaturated/α-hetero) is 1. The molecular weight excluding hydrogens is 350 g/mol. The van der Waals surface area contributed by atoms with Crippen molar-refractivity contribution in [1.29, 1.82) is 0 Å². The normalized spacial score (nSPS) is 18.0. The molecule has 3 aromatic rings. The number of para-hydroxylation sites is 1. The molecule has 0 N–H and O–H groups in total. The van der Waals surface area contributed by atoms with Crippen molar-refractivity contribution >= 4 is 23.5 Å². The topological polar surface area (TPSA) is 46.6 Å². The van der Waals surface area contributed by atoms with Gasteiger partial charge in [0.15, 0.2) is 0 Å². The quantitative estimate of drug-likeness (QED) is 0.505. The molecule has 1 aliphatic heterocycles. The lowest BCUT2D eigenvalue weighted by Gasteiger charge is -2.25. The number of methoxy groups -OCH3 is 1. The first-order valence-electron chi connectivity index (χ1n) is 9.02. The maximum absolute atomic E-state index is 12.9. The Hall–Kier alpha value is -3.66. The smallest absolute Gasteiger partial charge is 0.299 e. The molecule has 1 aliphatic rings. The van der Waals surface area contributed by atoms with Crippen molar-refractivity contribution in [2.45, 2.75) is 6.04 Å². The number of hydrogen-bond acceptors (Lipinski definition) is 3. The highest BCUT2D eigenvalue weighted by Gasteiger charge is 2.44. The van der Waals surface area contributed by atoms with Crippen molar-refractivity contribution in [3.63, 3.8) is 0 Å². The summed E-state index contributed by atoms with van der Waals surface area (Å²) in [6, 6.07) is 25.9. The van der Waals surface area contributed by atoms with E-state index >= 15 is 0 Å². The molecule has 3 aromatic carbocycles. The fraction of sp³-hybridized carbons (Fsp3) is 0.0833. The lowest BCUT2D eigenvalue weighted by molar-refractivity contribution is -0.132. The van der Waals surface area contributed by atoms with Crippen LogP contribution in [0.5, 0.6) is 5.75 Å². The van der Waals surface area contributed by atoms with Gasteiger partial charge in [0, 0.05) is 11.3 Å². The largest absolute Gasteiger partial charge is 0.497 e. The van der Waals surface area contributed by atoms with Gasteiger partial charge in [0.2, 0.25) is 5.78 Å². The second-order valence-electron chi connectivity index (χ2n) is 6.53. The zero-order chi connectivity index (χ0) is 19.5. The molecule has 28 heavy (non-hydrogen) atoms. The molecule has 0 radical (unpaired) electrons. The third-order valence-electron chi connectivity index (χ3n) is 4.82. The van der Waals surface area contributed by atoms with Crippen molar-refractivity contribution in [2.75, 3.05) is 12.0 Å². The second kappa shape index (κ2) is 7.53. The molecule has 0 spiro atoms. The molecule has 4 heteroatoms. The predicted octanol–water partition coefficient (Wildman–Crippen LogP) is 4.44. The number of carbonyl (C=O) groups excluding carboxylic acids is 2. The van der Waals surface area contributed by atoms with Crippen molar-refractivity contribution in [1.82, 2.24) is 0 Å². The Labute approximate surface area is 163 Å². The van der Waals surface area contributed by atoms with Crippen molar-refractivity contribution in [3.8, 4) is 5.75 Å². The maximum Gasteiger partial charge on any atom is 0.299 e. The molecule has 0 saturated carbocycles. The summed E-state index contributed by atoms with van der Waals surface area (Å²) in [6.07, 6.45) is 1.79. The van der Waals surface area contributed by atoms with Gasteiger partial charge in [-0.05, 0) is 41.5 Å². The number of benzene rings is 3. The minimum atomic E-state index is -0.514. The van der Waals surface area contributed by atoms with E-state index in [-0.39, 0.29) is 0 Å². The molecule has 1 saturated heterocycles. The first-order chi connectivity index (χ1) is 13.7. The van der Waals surface area contributed by atoms with E-state index in [0.717, 1.165) is 16.9 Å². The zero-order valence-electron chi connectivity index (χ0n) is 15.4. The summed E-state index contributed by atoms with van der Waals surface area (Å²) in [6.45, 7) is 0. The number of nitrogens with zero attached hydrogens (tertiary/aromatic N) is 1. The fourth-order valence-electron chi connectivity index (χ4n) is 3.46. The fourth-order valence-corrected chi connectivity index (χ4v) is 3.46. The highest BCUT2D eigenvalue weighted by Crippen LogP contribution is 2.40. The van der Waals surface area contributed by atoms with Gasteiger partial charge in [-0.25, -0.2) is 0 Å². The molecular formula is C24H19NO3. The summed E-state index contributed by atoms with van der Waals surface area (Å²) < 4.78 is 5.19. The number of rotatable bonds is 4. The van der Waals surface area contributed by atoms with Gasteiger partial charge in [-0.1, -0.05) is 60.7 Å². The van der Waals surface area contributed by atoms with Gasteiger partial charge in [-0.15, -0.1) is 0 Å². The Balaban J connectivity index is 1.84. The highest BCUT2D eigenvalue weighted by atomic mass is 16.5. The Kier molecular flexibility index (Phi) is 4.77. The molecule has 0 aliphatic carbocycles. The molecule has 1 atom stereocenters. The van der Waals surface area contributed by atoms with Crippen LogP contribution in [0.15, 0.2) is 90.5 Å². The number of hydrogen-bond donors (Lipinski definition) is 0. The van der Waals surface area contributed by atoms with Gasteiger partial charge in [-0.2, -0.15) is 0 Å². The van der Waals surface area contributed by atoms with E-state index in [9.17, 15) is 9.59 Å². The summed E-state index contributed by atoms with van der Waals surface area (Å²) in [4.78, 5) is 27.4. The van der Waals surface area contributed by atoms with Crippen LogP contribution in [0.3, 0.4) is 0 Å². The third kappa shape index (κ3) is 3.21. The minimum absolute atomic E-state index is 0.463. The van der Waals surface area contributed by atoms with E-state index in [1.165, 1.54) is 0 Å². The van der Waals surface area contributed by atoms with E-state index in [2.05, 4.69) is 0 Å². The maximum atomic E-state index is 12.9. The van der Waals surface area contributed by atoms with E-state index in [1.807, 2.05) is 84.9 Å². The second-order valence-corrected chi connectivity index (χ2v) is 6.53. The van der Waals surface area contributed by atoms with Gasteiger partial charge in [0.25, 0.3) is 5.91 Å². The van der Waals surface area contributed by atoms with Crippen LogP contribution in [-0.4, -0.2) is 18.8 Å². The van der Waals surface area contributed by atoms with Gasteiger partial charge < -0.3 is 4.74 Å². The van der Waals surface area contributed by atoms with E-state index in [4.69, 9.17) is 4.74 Å². The summed E-state index contributed by atoms with van der Waals surface area (Å²) in [5.41, 5.74) is 2.90. The molecule has 1 fully saturated rings. The first-order valence-corrected chi connectivity index (χ1v) is 9.02. The summed E-state index contributed by atoms with van der Waals surface area (Å²) >= 11 is 0. The van der Waals surface area contributed by atoms with Crippen LogP contribution in [-0.2, 0) is 9.59 Å². The predicted molar refractivity (Wildman–Crippen MR) is 109 cm³/mol. The van der Waals surface area contributed by atoms with E-state index < -0.39 is 17.7 Å². The number of carbonyl (C=O) groups is 2. The minimum Gasteiger partial charge on any atom is -0.497 e. The Morgan fingerprint density at radius 2 is 1.43 bits per heavy atom. The Morgan fingerprint density at radius 1 is 0.821 bits per heavy atom. The molecule has 4 nitrogen and oxygen atoms in total. The van der Waals surface area contributed by atoms with Crippen LogP contribution in [0.2, 0.25) is 0 Å². The van der Waals surface area contributed by atoms with Gasteiger partial charge in [0.05, 0.1) is 13.2 Å². The Morgan fingerprint density at radius 3 is 2.04 bits per heavy atom. The summed E-state index contributed by atoms with van der Waals surface area (Å²) in [5, 5.41) is 0. The Bertz CT molecular complexity index is 1020. The number of ether oxygens (including phenoxy) is 1. The lowest BCUT2D eigenvalue weighted by atomic mass is 9.96. The van der Waals surface area contributed by atoms with Crippen molar-refractivity contribution in [2.24, 2.45) is 0 Å². The van der Waals surface area contributed by atoms with Gasteiger partial charge in [0.1, 0.15) is 5.75 Å². The average molecular weight is 369 g/mol. The highest BCUT2D eigenvalue weighted by molar-refractivity contribution is 6.51. The van der Waals surface area contributed by atoms with Gasteiger partial charge >= 0.3 is 0 Å². The lowest BCUT2D eigenvalue weighted by Crippen LogP contribution is -2.29. The molecule has 1 unspecified atom stereocenters. The van der Waals surface area contributed by atoms with Crippen molar-refractivity contribution < 1.29 is 14.3 Å². The first kappa shape index (κ1) is 17.7. The number of anilines is 1. The monoisotopic (exact) mass is 369 g/mol. The molecule has 4 rings (SSSR count). The van der Waals surface area contributed by atoms with Crippen molar-refractivity contribution in [3.05, 3.63) is 102 Å². The molecule has 0 bridgehead atoms. The van der Waals surface area contributed by atoms with E-state index in [0.29, 0.717) is 11.3 Å². The molecule has 0 aromatic heterocycles. The van der Waals surface area contributed by atoms with Crippen LogP contribution >= 0.6 is 0 Å². The van der Waals surface area contributed by atoms with Crippen LogP contribution in [0.25, 0.3) is 6.08 Å². The van der Waals surface area contributed by atoms with Crippen LogP contribution in [0.4, 0.5) is 5.69 Å². The van der Waals surface area contributed by atoms with Crippen LogP contribution in [0.1, 0.15) is 17.2 Å². The number of amides is 1. The van der Waals surface area contributed by atoms with Crippen LogP contribution < -0.4 is 9.64 Å². The van der Waals surface area contributed by atoms with E-state index in [1.54, 1.807) is 18.1 Å². The zero-order valence-corrected chi connectivity index (χ0v) is 15.4. The standard InChI is InChI=1S/C24H19NO3/c1-28-20-14-12-17(13-15-20)16-21-22(18-8-4-2-5-9-18)25(24(27)23(21)26)19-10-6-3-7-11-19/h2-16,22H,1H3/b21-16-. The van der Waals surface area contributed by atoms with Gasteiger partial charge in [-0.3, -0.25) is 14.5 Å². The third-order valence-corrected chi connectivity index (χ3v) is 4.82. The summed E-state index contributed by atoms with van der Waals surface area (Å²) in [5.74, 6) is -0.255. The molecule has 1 amide bonds. The number of ketones is 1. The molecule has 1 heterocycles. The van der Waals surface area contributed by atoms with Crippen LogP contribution in [0, 0.1) is 0 Å².